The van der Waals surface area contributed by atoms with E-state index in [9.17, 15) is 19.8 Å². The maximum atomic E-state index is 13.2. The molecule has 0 saturated carbocycles. The van der Waals surface area contributed by atoms with Crippen molar-refractivity contribution in [1.82, 2.24) is 4.98 Å². The second-order valence-electron chi connectivity index (χ2n) is 7.77. The van der Waals surface area contributed by atoms with Crippen molar-refractivity contribution in [1.29, 1.82) is 0 Å². The summed E-state index contributed by atoms with van der Waals surface area (Å²) in [6.45, 7) is 5.54. The molecule has 1 atom stereocenters. The lowest BCUT2D eigenvalue weighted by Crippen LogP contribution is -2.29. The number of ketones is 1. The summed E-state index contributed by atoms with van der Waals surface area (Å²) in [5, 5.41) is 21.7. The molecular weight excluding hydrogens is 392 g/mol. The number of aryl methyl sites for hydroxylation is 3. The maximum absolute atomic E-state index is 13.2. The lowest BCUT2D eigenvalue weighted by atomic mass is 9.94. The number of benzene rings is 2. The van der Waals surface area contributed by atoms with Crippen LogP contribution >= 0.6 is 0 Å². The van der Waals surface area contributed by atoms with Crippen LogP contribution in [0, 0.1) is 20.8 Å². The summed E-state index contributed by atoms with van der Waals surface area (Å²) in [5.41, 5.74) is 3.71. The molecule has 156 valence electrons. The lowest BCUT2D eigenvalue weighted by Gasteiger charge is -2.26. The zero-order valence-electron chi connectivity index (χ0n) is 17.5. The number of pyridine rings is 1. The Bertz CT molecular complexity index is 1230. The van der Waals surface area contributed by atoms with Crippen molar-refractivity contribution in [2.75, 3.05) is 4.90 Å². The third kappa shape index (κ3) is 3.46. The molecule has 4 rings (SSSR count). The van der Waals surface area contributed by atoms with Crippen LogP contribution in [0.3, 0.4) is 0 Å². The minimum atomic E-state index is -0.929. The van der Waals surface area contributed by atoms with Crippen molar-refractivity contribution in [3.05, 3.63) is 94.3 Å². The summed E-state index contributed by atoms with van der Waals surface area (Å²) in [5.74, 6) is -2.01. The Morgan fingerprint density at radius 3 is 2.42 bits per heavy atom. The Hall–Kier alpha value is -3.93. The highest BCUT2D eigenvalue weighted by atomic mass is 16.3. The second kappa shape index (κ2) is 7.72. The highest BCUT2D eigenvalue weighted by Gasteiger charge is 2.48. The van der Waals surface area contributed by atoms with Crippen LogP contribution in [0.5, 0.6) is 5.75 Å². The Labute approximate surface area is 180 Å². The Morgan fingerprint density at radius 1 is 1.00 bits per heavy atom. The molecule has 1 aliphatic heterocycles. The number of rotatable bonds is 3. The first-order chi connectivity index (χ1) is 14.8. The molecule has 1 unspecified atom stereocenters. The minimum absolute atomic E-state index is 0.0346. The number of carbonyl (C=O) groups is 2. The van der Waals surface area contributed by atoms with E-state index in [1.165, 1.54) is 11.0 Å². The van der Waals surface area contributed by atoms with Gasteiger partial charge in [0, 0.05) is 18.0 Å². The van der Waals surface area contributed by atoms with Crippen molar-refractivity contribution >= 4 is 23.1 Å². The molecule has 6 heteroatoms. The van der Waals surface area contributed by atoms with Gasteiger partial charge in [-0.25, -0.2) is 0 Å². The molecule has 1 saturated heterocycles. The number of phenolic OH excluding ortho intramolecular Hbond substituents is 1. The standard InChI is InChI=1S/C25H22N2O4/c1-14-6-8-16(3)18(11-14)23(29)21-22(17-5-4-10-26-13-17)27(25(31)24(21)30)19-12-15(2)7-9-20(19)28/h4-13,22,28-29H,1-3H3/b23-21+. The normalized spacial score (nSPS) is 17.9. The smallest absolute Gasteiger partial charge is 0.300 e. The molecule has 31 heavy (non-hydrogen) atoms. The summed E-state index contributed by atoms with van der Waals surface area (Å²) in [6, 6.07) is 12.9. The summed E-state index contributed by atoms with van der Waals surface area (Å²) < 4.78 is 0. The van der Waals surface area contributed by atoms with Crippen LogP contribution in [0.2, 0.25) is 0 Å². The predicted molar refractivity (Wildman–Crippen MR) is 118 cm³/mol. The number of aliphatic hydroxyl groups is 1. The Kier molecular flexibility index (Phi) is 5.07. The molecule has 3 aromatic rings. The monoisotopic (exact) mass is 414 g/mol. The van der Waals surface area contributed by atoms with Crippen molar-refractivity contribution in [3.63, 3.8) is 0 Å². The van der Waals surface area contributed by atoms with Crippen LogP contribution in [-0.2, 0) is 9.59 Å². The topological polar surface area (TPSA) is 90.7 Å². The molecule has 0 bridgehead atoms. The van der Waals surface area contributed by atoms with Gasteiger partial charge in [-0.15, -0.1) is 0 Å². The van der Waals surface area contributed by atoms with Gasteiger partial charge < -0.3 is 10.2 Å². The SMILES string of the molecule is Cc1ccc(C)c(/C(O)=C2\C(=O)C(=O)N(c3cc(C)ccc3O)C2c2cccnc2)c1. The zero-order valence-corrected chi connectivity index (χ0v) is 17.5. The number of nitrogens with zero attached hydrogens (tertiary/aromatic N) is 2. The van der Waals surface area contributed by atoms with Crippen molar-refractivity contribution in [2.24, 2.45) is 0 Å². The molecule has 2 aromatic carbocycles. The number of aromatic nitrogens is 1. The second-order valence-corrected chi connectivity index (χ2v) is 7.77. The van der Waals surface area contributed by atoms with E-state index in [1.807, 2.05) is 32.9 Å². The average molecular weight is 414 g/mol. The van der Waals surface area contributed by atoms with Gasteiger partial charge in [-0.05, 0) is 61.7 Å². The zero-order chi connectivity index (χ0) is 22.3. The quantitative estimate of drug-likeness (QED) is 0.378. The largest absolute Gasteiger partial charge is 0.507 e. The first-order valence-electron chi connectivity index (χ1n) is 9.87. The van der Waals surface area contributed by atoms with Gasteiger partial charge >= 0.3 is 0 Å². The number of carbonyl (C=O) groups excluding carboxylic acids is 2. The van der Waals surface area contributed by atoms with E-state index >= 15 is 0 Å². The number of aliphatic hydroxyl groups excluding tert-OH is 1. The average Bonchev–Trinajstić information content (AvgIpc) is 3.02. The maximum Gasteiger partial charge on any atom is 0.300 e. The number of hydrogen-bond acceptors (Lipinski definition) is 5. The molecule has 0 spiro atoms. The molecule has 2 heterocycles. The number of amides is 1. The molecule has 2 N–H and O–H groups in total. The molecule has 1 aromatic heterocycles. The summed E-state index contributed by atoms with van der Waals surface area (Å²) in [6.07, 6.45) is 3.14. The number of Topliss-reactive ketones (excluding diaryl/α,β-unsaturated/α-hetero) is 1. The van der Waals surface area contributed by atoms with Crippen LogP contribution in [-0.4, -0.2) is 26.9 Å². The van der Waals surface area contributed by atoms with Crippen molar-refractivity contribution < 1.29 is 19.8 Å². The van der Waals surface area contributed by atoms with Crippen LogP contribution in [0.1, 0.15) is 33.9 Å². The van der Waals surface area contributed by atoms with E-state index < -0.39 is 17.7 Å². The van der Waals surface area contributed by atoms with Gasteiger partial charge in [0.2, 0.25) is 0 Å². The summed E-state index contributed by atoms with van der Waals surface area (Å²) >= 11 is 0. The van der Waals surface area contributed by atoms with Crippen molar-refractivity contribution in [2.45, 2.75) is 26.8 Å². The molecule has 1 fully saturated rings. The van der Waals surface area contributed by atoms with Gasteiger partial charge in [0.1, 0.15) is 11.5 Å². The third-order valence-electron chi connectivity index (χ3n) is 5.48. The first-order valence-corrected chi connectivity index (χ1v) is 9.87. The minimum Gasteiger partial charge on any atom is -0.507 e. The molecule has 0 radical (unpaired) electrons. The van der Waals surface area contributed by atoms with Gasteiger partial charge in [-0.3, -0.25) is 19.5 Å². The lowest BCUT2D eigenvalue weighted by molar-refractivity contribution is -0.132. The Balaban J connectivity index is 2.01. The van der Waals surface area contributed by atoms with E-state index in [2.05, 4.69) is 4.98 Å². The fraction of sp³-hybridized carbons (Fsp3) is 0.160. The van der Waals surface area contributed by atoms with Crippen LogP contribution in [0.15, 0.2) is 66.5 Å². The van der Waals surface area contributed by atoms with E-state index in [0.29, 0.717) is 11.1 Å². The third-order valence-corrected chi connectivity index (χ3v) is 5.48. The molecule has 1 aliphatic rings. The van der Waals surface area contributed by atoms with E-state index in [-0.39, 0.29) is 22.8 Å². The summed E-state index contributed by atoms with van der Waals surface area (Å²) in [4.78, 5) is 31.7. The van der Waals surface area contributed by atoms with Gasteiger partial charge in [0.25, 0.3) is 11.7 Å². The summed E-state index contributed by atoms with van der Waals surface area (Å²) in [7, 11) is 0. The number of aromatic hydroxyl groups is 1. The Morgan fingerprint density at radius 2 is 1.71 bits per heavy atom. The molecule has 6 nitrogen and oxygen atoms in total. The number of hydrogen-bond donors (Lipinski definition) is 2. The van der Waals surface area contributed by atoms with E-state index in [4.69, 9.17) is 0 Å². The van der Waals surface area contributed by atoms with Crippen LogP contribution < -0.4 is 4.90 Å². The number of anilines is 1. The van der Waals surface area contributed by atoms with Crippen LogP contribution in [0.4, 0.5) is 5.69 Å². The van der Waals surface area contributed by atoms with Crippen LogP contribution in [0.25, 0.3) is 5.76 Å². The van der Waals surface area contributed by atoms with Gasteiger partial charge in [-0.1, -0.05) is 29.8 Å². The molecular formula is C25H22N2O4. The molecule has 1 amide bonds. The first kappa shape index (κ1) is 20.3. The van der Waals surface area contributed by atoms with E-state index in [0.717, 1.165) is 16.7 Å². The van der Waals surface area contributed by atoms with E-state index in [1.54, 1.807) is 42.7 Å². The van der Waals surface area contributed by atoms with Gasteiger partial charge in [-0.2, -0.15) is 0 Å². The van der Waals surface area contributed by atoms with Gasteiger partial charge in [0.05, 0.1) is 17.3 Å². The predicted octanol–water partition coefficient (Wildman–Crippen LogP) is 4.34. The van der Waals surface area contributed by atoms with Gasteiger partial charge in [0.15, 0.2) is 0 Å². The highest BCUT2D eigenvalue weighted by Crippen LogP contribution is 2.45. The fourth-order valence-corrected chi connectivity index (χ4v) is 3.90. The molecule has 0 aliphatic carbocycles. The number of phenols is 1. The highest BCUT2D eigenvalue weighted by molar-refractivity contribution is 6.52. The van der Waals surface area contributed by atoms with Crippen molar-refractivity contribution in [3.8, 4) is 5.75 Å². The fourth-order valence-electron chi connectivity index (χ4n) is 3.90.